The van der Waals surface area contributed by atoms with Crippen molar-refractivity contribution in [2.24, 2.45) is 0 Å². The third-order valence-electron chi connectivity index (χ3n) is 1.90. The molecule has 76 valence electrons. The third kappa shape index (κ3) is 2.48. The van der Waals surface area contributed by atoms with E-state index in [1.54, 1.807) is 6.07 Å². The zero-order chi connectivity index (χ0) is 10.7. The summed E-state index contributed by atoms with van der Waals surface area (Å²) in [6.45, 7) is 1.91. The molecule has 0 aliphatic heterocycles. The maximum atomic E-state index is 10.6. The Balaban J connectivity index is 3.13. The first-order chi connectivity index (χ1) is 6.54. The van der Waals surface area contributed by atoms with E-state index in [9.17, 15) is 4.79 Å². The number of benzene rings is 1. The zero-order valence-corrected chi connectivity index (χ0v) is 9.59. The molecule has 0 heterocycles. The summed E-state index contributed by atoms with van der Waals surface area (Å²) in [6, 6.07) is 3.60. The second kappa shape index (κ2) is 4.46. The molecule has 14 heavy (non-hydrogen) atoms. The highest BCUT2D eigenvalue weighted by Gasteiger charge is 2.09. The summed E-state index contributed by atoms with van der Waals surface area (Å²) in [4.78, 5) is 10.6. The van der Waals surface area contributed by atoms with Crippen molar-refractivity contribution in [1.82, 2.24) is 0 Å². The lowest BCUT2D eigenvalue weighted by Crippen LogP contribution is -2.02. The number of ether oxygens (including phenoxy) is 1. The first-order valence-corrected chi connectivity index (χ1v) is 4.88. The Morgan fingerprint density at radius 2 is 2.21 bits per heavy atom. The SMILES string of the molecule is COc1cc(Br)c(C)cc1CC(=O)O. The Kier molecular flexibility index (Phi) is 3.52. The molecule has 0 spiro atoms. The van der Waals surface area contributed by atoms with E-state index in [1.807, 2.05) is 13.0 Å². The number of carboxylic acid groups (broad SMARTS) is 1. The molecular formula is C10H11BrO3. The first kappa shape index (κ1) is 11.0. The third-order valence-corrected chi connectivity index (χ3v) is 2.76. The van der Waals surface area contributed by atoms with Crippen molar-refractivity contribution in [3.63, 3.8) is 0 Å². The van der Waals surface area contributed by atoms with Gasteiger partial charge in [-0.15, -0.1) is 0 Å². The fourth-order valence-corrected chi connectivity index (χ4v) is 1.54. The van der Waals surface area contributed by atoms with Crippen LogP contribution in [0.5, 0.6) is 5.75 Å². The van der Waals surface area contributed by atoms with E-state index in [4.69, 9.17) is 9.84 Å². The molecule has 3 nitrogen and oxygen atoms in total. The molecule has 0 amide bonds. The van der Waals surface area contributed by atoms with Gasteiger partial charge in [0.15, 0.2) is 0 Å². The molecule has 0 bridgehead atoms. The highest BCUT2D eigenvalue weighted by atomic mass is 79.9. The summed E-state index contributed by atoms with van der Waals surface area (Å²) >= 11 is 3.36. The second-order valence-electron chi connectivity index (χ2n) is 2.98. The van der Waals surface area contributed by atoms with Gasteiger partial charge in [-0.3, -0.25) is 4.79 Å². The van der Waals surface area contributed by atoms with Gasteiger partial charge in [0, 0.05) is 10.0 Å². The van der Waals surface area contributed by atoms with E-state index in [-0.39, 0.29) is 6.42 Å². The van der Waals surface area contributed by atoms with E-state index in [0.29, 0.717) is 11.3 Å². The molecule has 4 heteroatoms. The molecule has 0 fully saturated rings. The molecule has 0 aliphatic carbocycles. The monoisotopic (exact) mass is 258 g/mol. The molecule has 0 radical (unpaired) electrons. The quantitative estimate of drug-likeness (QED) is 0.906. The van der Waals surface area contributed by atoms with Crippen molar-refractivity contribution in [1.29, 1.82) is 0 Å². The maximum Gasteiger partial charge on any atom is 0.307 e. The minimum atomic E-state index is -0.856. The lowest BCUT2D eigenvalue weighted by molar-refractivity contribution is -0.136. The van der Waals surface area contributed by atoms with E-state index >= 15 is 0 Å². The van der Waals surface area contributed by atoms with Crippen molar-refractivity contribution in [3.05, 3.63) is 27.7 Å². The van der Waals surface area contributed by atoms with Crippen LogP contribution < -0.4 is 4.74 Å². The summed E-state index contributed by atoms with van der Waals surface area (Å²) in [7, 11) is 1.53. The standard InChI is InChI=1S/C10H11BrO3/c1-6-3-7(4-10(12)13)9(14-2)5-8(6)11/h3,5H,4H2,1-2H3,(H,12,13). The Bertz CT molecular complexity index is 361. The molecule has 1 N–H and O–H groups in total. The van der Waals surface area contributed by atoms with Crippen molar-refractivity contribution >= 4 is 21.9 Å². The van der Waals surface area contributed by atoms with E-state index in [0.717, 1.165) is 10.0 Å². The Hall–Kier alpha value is -1.03. The largest absolute Gasteiger partial charge is 0.496 e. The molecule has 0 unspecified atom stereocenters. The number of methoxy groups -OCH3 is 1. The first-order valence-electron chi connectivity index (χ1n) is 4.09. The van der Waals surface area contributed by atoms with Gasteiger partial charge >= 0.3 is 5.97 Å². The number of hydrogen-bond donors (Lipinski definition) is 1. The summed E-state index contributed by atoms with van der Waals surface area (Å²) in [5.41, 5.74) is 1.70. The maximum absolute atomic E-state index is 10.6. The molecule has 1 aromatic rings. The Morgan fingerprint density at radius 3 is 2.71 bits per heavy atom. The second-order valence-corrected chi connectivity index (χ2v) is 3.84. The van der Waals surface area contributed by atoms with Crippen molar-refractivity contribution < 1.29 is 14.6 Å². The van der Waals surface area contributed by atoms with Gasteiger partial charge in [0.25, 0.3) is 0 Å². The molecular weight excluding hydrogens is 248 g/mol. The molecule has 1 rings (SSSR count). The van der Waals surface area contributed by atoms with Crippen LogP contribution in [-0.4, -0.2) is 18.2 Å². The van der Waals surface area contributed by atoms with Crippen LogP contribution in [-0.2, 0) is 11.2 Å². The Labute approximate surface area is 90.8 Å². The average molecular weight is 259 g/mol. The number of carboxylic acids is 1. The topological polar surface area (TPSA) is 46.5 Å². The van der Waals surface area contributed by atoms with Crippen LogP contribution in [0.25, 0.3) is 0 Å². The van der Waals surface area contributed by atoms with Crippen LogP contribution in [0.4, 0.5) is 0 Å². The van der Waals surface area contributed by atoms with Gasteiger partial charge in [-0.1, -0.05) is 22.0 Å². The highest BCUT2D eigenvalue weighted by molar-refractivity contribution is 9.10. The fourth-order valence-electron chi connectivity index (χ4n) is 1.21. The minimum absolute atomic E-state index is 0.0166. The van der Waals surface area contributed by atoms with E-state index in [2.05, 4.69) is 15.9 Å². The number of rotatable bonds is 3. The van der Waals surface area contributed by atoms with Crippen molar-refractivity contribution in [3.8, 4) is 5.75 Å². The molecule has 0 saturated carbocycles. The minimum Gasteiger partial charge on any atom is -0.496 e. The van der Waals surface area contributed by atoms with E-state index < -0.39 is 5.97 Å². The Morgan fingerprint density at radius 1 is 1.57 bits per heavy atom. The van der Waals surface area contributed by atoms with Gasteiger partial charge in [0.1, 0.15) is 5.75 Å². The van der Waals surface area contributed by atoms with Crippen molar-refractivity contribution in [2.75, 3.05) is 7.11 Å². The van der Waals surface area contributed by atoms with Gasteiger partial charge < -0.3 is 9.84 Å². The smallest absolute Gasteiger partial charge is 0.307 e. The van der Waals surface area contributed by atoms with Crippen LogP contribution in [0.15, 0.2) is 16.6 Å². The highest BCUT2D eigenvalue weighted by Crippen LogP contribution is 2.27. The normalized spacial score (nSPS) is 9.93. The summed E-state index contributed by atoms with van der Waals surface area (Å²) in [6.07, 6.45) is -0.0166. The number of aliphatic carboxylic acids is 1. The molecule has 0 atom stereocenters. The summed E-state index contributed by atoms with van der Waals surface area (Å²) < 4.78 is 6.01. The predicted molar refractivity (Wildman–Crippen MR) is 56.8 cm³/mol. The molecule has 1 aromatic carbocycles. The van der Waals surface area contributed by atoms with Crippen LogP contribution in [0.1, 0.15) is 11.1 Å². The molecule has 0 saturated heterocycles. The number of carbonyl (C=O) groups is 1. The van der Waals surface area contributed by atoms with Crippen LogP contribution in [0.3, 0.4) is 0 Å². The van der Waals surface area contributed by atoms with Gasteiger partial charge in [-0.05, 0) is 18.6 Å². The van der Waals surface area contributed by atoms with Crippen LogP contribution >= 0.6 is 15.9 Å². The molecule has 0 aromatic heterocycles. The number of aryl methyl sites for hydroxylation is 1. The van der Waals surface area contributed by atoms with Crippen molar-refractivity contribution in [2.45, 2.75) is 13.3 Å². The lowest BCUT2D eigenvalue weighted by Gasteiger charge is -2.09. The summed E-state index contributed by atoms with van der Waals surface area (Å²) in [5, 5.41) is 8.68. The van der Waals surface area contributed by atoms with Gasteiger partial charge in [-0.25, -0.2) is 0 Å². The summed E-state index contributed by atoms with van der Waals surface area (Å²) in [5.74, 6) is -0.255. The van der Waals surface area contributed by atoms with E-state index in [1.165, 1.54) is 7.11 Å². The average Bonchev–Trinajstić information content (AvgIpc) is 2.10. The lowest BCUT2D eigenvalue weighted by atomic mass is 10.1. The van der Waals surface area contributed by atoms with Gasteiger partial charge in [0.2, 0.25) is 0 Å². The predicted octanol–water partition coefficient (Wildman–Crippen LogP) is 2.39. The fraction of sp³-hybridized carbons (Fsp3) is 0.300. The number of hydrogen-bond acceptors (Lipinski definition) is 2. The number of halogens is 1. The van der Waals surface area contributed by atoms with Crippen LogP contribution in [0, 0.1) is 6.92 Å². The van der Waals surface area contributed by atoms with Gasteiger partial charge in [0.05, 0.1) is 13.5 Å². The van der Waals surface area contributed by atoms with Gasteiger partial charge in [-0.2, -0.15) is 0 Å². The zero-order valence-electron chi connectivity index (χ0n) is 8.00. The molecule has 0 aliphatic rings. The van der Waals surface area contributed by atoms with Crippen LogP contribution in [0.2, 0.25) is 0 Å².